The number of rotatable bonds is 5. The molecule has 0 amide bonds. The van der Waals surface area contributed by atoms with Crippen LogP contribution in [-0.4, -0.2) is 37.0 Å². The van der Waals surface area contributed by atoms with Gasteiger partial charge in [-0.3, -0.25) is 0 Å². The maximum atomic E-state index is 9.55. The van der Waals surface area contributed by atoms with Gasteiger partial charge in [0.05, 0.1) is 17.8 Å². The molecule has 0 unspecified atom stereocenters. The minimum atomic E-state index is -0.422. The van der Waals surface area contributed by atoms with E-state index in [2.05, 4.69) is 5.32 Å². The summed E-state index contributed by atoms with van der Waals surface area (Å²) in [5.41, 5.74) is 1.90. The summed E-state index contributed by atoms with van der Waals surface area (Å²) in [6.45, 7) is 8.70. The zero-order valence-corrected chi connectivity index (χ0v) is 15.2. The average molecular weight is 338 g/mol. The molecule has 23 heavy (non-hydrogen) atoms. The number of nitrogens with one attached hydrogen (secondary N) is 1. The Morgan fingerprint density at radius 1 is 1.26 bits per heavy atom. The number of halogens is 1. The molecule has 0 aromatic heterocycles. The molecule has 1 aliphatic heterocycles. The molecule has 1 aromatic carbocycles. The van der Waals surface area contributed by atoms with Crippen LogP contribution in [0.4, 0.5) is 0 Å². The van der Waals surface area contributed by atoms with E-state index in [0.717, 1.165) is 16.6 Å². The summed E-state index contributed by atoms with van der Waals surface area (Å²) in [6.07, 6.45) is 2.00. The van der Waals surface area contributed by atoms with Crippen LogP contribution in [0.3, 0.4) is 0 Å². The van der Waals surface area contributed by atoms with Crippen molar-refractivity contribution >= 4 is 24.8 Å². The van der Waals surface area contributed by atoms with Gasteiger partial charge in [0.1, 0.15) is 0 Å². The van der Waals surface area contributed by atoms with Crippen LogP contribution < -0.4 is 5.32 Å². The quantitative estimate of drug-likeness (QED) is 0.811. The number of hydrogen-bond donors (Lipinski definition) is 2. The molecule has 4 nitrogen and oxygen atoms in total. The van der Waals surface area contributed by atoms with Gasteiger partial charge in [0.15, 0.2) is 0 Å². The maximum absolute atomic E-state index is 9.55. The Morgan fingerprint density at radius 2 is 1.87 bits per heavy atom. The van der Waals surface area contributed by atoms with Gasteiger partial charge in [-0.25, -0.2) is 0 Å². The van der Waals surface area contributed by atoms with E-state index in [4.69, 9.17) is 20.9 Å². The lowest BCUT2D eigenvalue weighted by atomic mass is 9.76. The predicted molar refractivity (Wildman–Crippen MR) is 95.4 cm³/mol. The van der Waals surface area contributed by atoms with Gasteiger partial charge >= 0.3 is 7.12 Å². The molecule has 6 heteroatoms. The molecule has 1 aliphatic rings. The van der Waals surface area contributed by atoms with Crippen molar-refractivity contribution in [3.8, 4) is 0 Å². The second kappa shape index (κ2) is 6.95. The highest BCUT2D eigenvalue weighted by molar-refractivity contribution is 6.56. The fraction of sp³-hybridized carbons (Fsp3) is 0.529. The third kappa shape index (κ3) is 3.98. The van der Waals surface area contributed by atoms with Crippen molar-refractivity contribution in [2.75, 3.05) is 13.6 Å². The van der Waals surface area contributed by atoms with Gasteiger partial charge in [-0.2, -0.15) is 0 Å². The molecular formula is C17H25BClNO3. The van der Waals surface area contributed by atoms with Crippen molar-refractivity contribution in [3.05, 3.63) is 39.8 Å². The molecule has 0 bridgehead atoms. The van der Waals surface area contributed by atoms with Crippen molar-refractivity contribution in [1.82, 2.24) is 5.32 Å². The lowest BCUT2D eigenvalue weighted by Crippen LogP contribution is -2.41. The lowest BCUT2D eigenvalue weighted by molar-refractivity contribution is 0.00578. The molecule has 0 spiro atoms. The molecule has 1 aromatic rings. The van der Waals surface area contributed by atoms with Crippen molar-refractivity contribution < 1.29 is 14.4 Å². The predicted octanol–water partition coefficient (Wildman–Crippen LogP) is 3.07. The maximum Gasteiger partial charge on any atom is 0.491 e. The first kappa shape index (κ1) is 18.5. The van der Waals surface area contributed by atoms with E-state index < -0.39 is 7.12 Å². The van der Waals surface area contributed by atoms with Gasteiger partial charge in [-0.15, -0.1) is 0 Å². The molecule has 2 rings (SSSR count). The van der Waals surface area contributed by atoms with Gasteiger partial charge in [0.2, 0.25) is 0 Å². The lowest BCUT2D eigenvalue weighted by Gasteiger charge is -2.32. The summed E-state index contributed by atoms with van der Waals surface area (Å²) in [6, 6.07) is 5.48. The third-order valence-corrected chi connectivity index (χ3v) is 4.79. The Balaban J connectivity index is 2.36. The van der Waals surface area contributed by atoms with Gasteiger partial charge in [-0.1, -0.05) is 23.7 Å². The van der Waals surface area contributed by atoms with Crippen LogP contribution in [0.5, 0.6) is 0 Å². The zero-order valence-electron chi connectivity index (χ0n) is 14.4. The van der Waals surface area contributed by atoms with Crippen LogP contribution in [0.15, 0.2) is 23.7 Å². The molecule has 0 radical (unpaired) electrons. The largest absolute Gasteiger partial charge is 0.491 e. The van der Waals surface area contributed by atoms with Gasteiger partial charge in [0, 0.05) is 11.6 Å². The monoisotopic (exact) mass is 337 g/mol. The molecule has 2 N–H and O–H groups in total. The van der Waals surface area contributed by atoms with Gasteiger partial charge in [0.25, 0.3) is 0 Å². The Labute approximate surface area is 144 Å². The summed E-state index contributed by atoms with van der Waals surface area (Å²) < 4.78 is 12.3. The summed E-state index contributed by atoms with van der Waals surface area (Å²) in [7, 11) is 1.46. The van der Waals surface area contributed by atoms with Crippen molar-refractivity contribution in [2.24, 2.45) is 0 Å². The van der Waals surface area contributed by atoms with Gasteiger partial charge in [-0.05, 0) is 63.5 Å². The van der Waals surface area contributed by atoms with Crippen molar-refractivity contribution in [2.45, 2.75) is 45.5 Å². The van der Waals surface area contributed by atoms with Crippen molar-refractivity contribution in [1.29, 1.82) is 0 Å². The topological polar surface area (TPSA) is 50.7 Å². The SMILES string of the molecule is CNCC(=Cc1ccc(Cl)cc1CO)B1OC(C)(C)C(C)(C)O1. The first-order valence-corrected chi connectivity index (χ1v) is 8.18. The Kier molecular flexibility index (Phi) is 5.59. The van der Waals surface area contributed by atoms with Crippen LogP contribution in [0, 0.1) is 0 Å². The molecule has 1 saturated heterocycles. The van der Waals surface area contributed by atoms with Gasteiger partial charge < -0.3 is 19.7 Å². The summed E-state index contributed by atoms with van der Waals surface area (Å²) in [5.74, 6) is 0. The number of benzene rings is 1. The first-order chi connectivity index (χ1) is 10.7. The van der Waals surface area contributed by atoms with E-state index in [1.165, 1.54) is 0 Å². The van der Waals surface area contributed by atoms with Crippen LogP contribution in [0.1, 0.15) is 38.8 Å². The number of aliphatic hydroxyl groups is 1. The second-order valence-corrected chi connectivity index (χ2v) is 7.28. The number of aliphatic hydroxyl groups excluding tert-OH is 1. The molecular weight excluding hydrogens is 312 g/mol. The van der Waals surface area contributed by atoms with E-state index in [0.29, 0.717) is 11.6 Å². The fourth-order valence-electron chi connectivity index (χ4n) is 2.45. The van der Waals surface area contributed by atoms with E-state index in [-0.39, 0.29) is 17.8 Å². The minimum Gasteiger partial charge on any atom is -0.400 e. The van der Waals surface area contributed by atoms with Crippen LogP contribution >= 0.6 is 11.6 Å². The highest BCUT2D eigenvalue weighted by atomic mass is 35.5. The first-order valence-electron chi connectivity index (χ1n) is 7.80. The number of hydrogen-bond acceptors (Lipinski definition) is 4. The molecule has 1 heterocycles. The minimum absolute atomic E-state index is 0.0669. The van der Waals surface area contributed by atoms with Crippen LogP contribution in [-0.2, 0) is 15.9 Å². The third-order valence-electron chi connectivity index (χ3n) is 4.55. The summed E-state index contributed by atoms with van der Waals surface area (Å²) >= 11 is 6.00. The Hall–Kier alpha value is -0.845. The van der Waals surface area contributed by atoms with E-state index in [1.807, 2.05) is 53.0 Å². The molecule has 126 valence electrons. The molecule has 1 fully saturated rings. The van der Waals surface area contributed by atoms with E-state index >= 15 is 0 Å². The normalized spacial score (nSPS) is 20.1. The average Bonchev–Trinajstić information content (AvgIpc) is 2.68. The van der Waals surface area contributed by atoms with E-state index in [9.17, 15) is 5.11 Å². The standard InChI is InChI=1S/C17H25BClNO3/c1-16(2)17(3,4)23-18(22-16)14(10-20-5)8-12-6-7-15(19)9-13(12)11-21/h6-9,20-21H,10-11H2,1-5H3. The second-order valence-electron chi connectivity index (χ2n) is 6.84. The molecule has 0 aliphatic carbocycles. The summed E-state index contributed by atoms with van der Waals surface area (Å²) in [5, 5.41) is 13.3. The summed E-state index contributed by atoms with van der Waals surface area (Å²) in [4.78, 5) is 0. The zero-order chi connectivity index (χ0) is 17.3. The van der Waals surface area contributed by atoms with Crippen molar-refractivity contribution in [3.63, 3.8) is 0 Å². The highest BCUT2D eigenvalue weighted by Gasteiger charge is 2.52. The number of likely N-dealkylation sites (N-methyl/N-ethyl adjacent to an activating group) is 1. The Morgan fingerprint density at radius 3 is 2.39 bits per heavy atom. The van der Waals surface area contributed by atoms with E-state index in [1.54, 1.807) is 6.07 Å². The van der Waals surface area contributed by atoms with Crippen LogP contribution in [0.2, 0.25) is 5.02 Å². The Bertz CT molecular complexity index is 586. The molecule has 0 saturated carbocycles. The van der Waals surface area contributed by atoms with Crippen LogP contribution in [0.25, 0.3) is 6.08 Å². The fourth-order valence-corrected chi connectivity index (χ4v) is 2.65. The smallest absolute Gasteiger partial charge is 0.400 e. The molecule has 0 atom stereocenters. The highest BCUT2D eigenvalue weighted by Crippen LogP contribution is 2.38.